The molecule has 2 heterocycles. The molecule has 28 heavy (non-hydrogen) atoms. The summed E-state index contributed by atoms with van der Waals surface area (Å²) in [6.45, 7) is -0.0125. The molecule has 0 fully saturated rings. The fourth-order valence-corrected chi connectivity index (χ4v) is 2.72. The highest BCUT2D eigenvalue weighted by molar-refractivity contribution is 5.79. The van der Waals surface area contributed by atoms with Gasteiger partial charge in [-0.15, -0.1) is 0 Å². The molecule has 2 aromatic heterocycles. The molecule has 0 radical (unpaired) electrons. The molecule has 0 bridgehead atoms. The topological polar surface area (TPSA) is 126 Å². The highest BCUT2D eigenvalue weighted by atomic mass is 16.6. The van der Waals surface area contributed by atoms with Crippen LogP contribution in [0.3, 0.4) is 0 Å². The lowest BCUT2D eigenvalue weighted by molar-refractivity contribution is -0.384. The zero-order valence-corrected chi connectivity index (χ0v) is 14.6. The molecule has 4 rings (SSSR count). The van der Waals surface area contributed by atoms with Crippen molar-refractivity contribution in [3.63, 3.8) is 0 Å². The molecule has 2 aromatic carbocycles. The van der Waals surface area contributed by atoms with Crippen LogP contribution in [0.1, 0.15) is 5.89 Å². The first-order chi connectivity index (χ1) is 13.5. The Morgan fingerprint density at radius 1 is 1.25 bits per heavy atom. The second-order valence-electron chi connectivity index (χ2n) is 5.88. The number of fused-ring (bicyclic) bond motifs is 1. The Morgan fingerprint density at radius 3 is 2.89 bits per heavy atom. The van der Waals surface area contributed by atoms with Gasteiger partial charge < -0.3 is 9.26 Å². The normalized spacial score (nSPS) is 10.9. The molecular formula is C18H13N5O5. The van der Waals surface area contributed by atoms with Gasteiger partial charge >= 0.3 is 0 Å². The Kier molecular flexibility index (Phi) is 4.28. The van der Waals surface area contributed by atoms with Crippen molar-refractivity contribution in [1.29, 1.82) is 0 Å². The number of hydrogen-bond donors (Lipinski definition) is 0. The van der Waals surface area contributed by atoms with E-state index in [0.29, 0.717) is 22.7 Å². The number of benzene rings is 2. The molecule has 140 valence electrons. The molecule has 0 saturated heterocycles. The maximum absolute atomic E-state index is 12.7. The molecule has 0 unspecified atom stereocenters. The minimum Gasteiger partial charge on any atom is -0.497 e. The molecule has 0 amide bonds. The lowest BCUT2D eigenvalue weighted by Gasteiger charge is -2.03. The number of nitro benzene ring substituents is 1. The minimum absolute atomic E-state index is 0.0125. The first-order valence-electron chi connectivity index (χ1n) is 8.16. The predicted octanol–water partition coefficient (Wildman–Crippen LogP) is 2.41. The Labute approximate surface area is 157 Å². The van der Waals surface area contributed by atoms with Gasteiger partial charge in [0.1, 0.15) is 12.3 Å². The van der Waals surface area contributed by atoms with Crippen molar-refractivity contribution in [2.75, 3.05) is 7.11 Å². The van der Waals surface area contributed by atoms with Crippen LogP contribution >= 0.6 is 0 Å². The summed E-state index contributed by atoms with van der Waals surface area (Å²) in [6, 6.07) is 11.1. The molecule has 0 saturated carbocycles. The molecule has 0 spiro atoms. The number of non-ortho nitro benzene ring substituents is 1. The molecule has 0 N–H and O–H groups in total. The third kappa shape index (κ3) is 3.18. The molecule has 4 aromatic rings. The highest BCUT2D eigenvalue weighted by Crippen LogP contribution is 2.21. The van der Waals surface area contributed by atoms with Crippen LogP contribution in [0.25, 0.3) is 22.3 Å². The summed E-state index contributed by atoms with van der Waals surface area (Å²) in [5.74, 6) is 1.21. The SMILES string of the molecule is COc1cccc(-c2noc(Cn3cnc4ccc([N+](=O)[O-])cc4c3=O)n2)c1. The van der Waals surface area contributed by atoms with Gasteiger partial charge in [-0.1, -0.05) is 17.3 Å². The number of nitro groups is 1. The summed E-state index contributed by atoms with van der Waals surface area (Å²) in [6.07, 6.45) is 1.34. The molecule has 0 aliphatic heterocycles. The summed E-state index contributed by atoms with van der Waals surface area (Å²) in [5.41, 5.74) is 0.459. The molecule has 0 atom stereocenters. The first kappa shape index (κ1) is 17.3. The van der Waals surface area contributed by atoms with Crippen LogP contribution in [0.4, 0.5) is 5.69 Å². The van der Waals surface area contributed by atoms with Crippen LogP contribution in [0.2, 0.25) is 0 Å². The fraction of sp³-hybridized carbons (Fsp3) is 0.111. The zero-order chi connectivity index (χ0) is 19.7. The molecule has 0 aliphatic carbocycles. The quantitative estimate of drug-likeness (QED) is 0.382. The van der Waals surface area contributed by atoms with Crippen molar-refractivity contribution in [1.82, 2.24) is 19.7 Å². The molecule has 10 heteroatoms. The van der Waals surface area contributed by atoms with E-state index < -0.39 is 10.5 Å². The van der Waals surface area contributed by atoms with Gasteiger partial charge in [0.05, 0.1) is 29.3 Å². The third-order valence-electron chi connectivity index (χ3n) is 4.12. The van der Waals surface area contributed by atoms with E-state index in [2.05, 4.69) is 15.1 Å². The lowest BCUT2D eigenvalue weighted by Crippen LogP contribution is -2.21. The molecule has 0 aliphatic rings. The van der Waals surface area contributed by atoms with E-state index in [1.807, 2.05) is 0 Å². The Hall–Kier alpha value is -4.08. The Bertz CT molecular complexity index is 1250. The van der Waals surface area contributed by atoms with Crippen LogP contribution in [-0.4, -0.2) is 31.7 Å². The number of aromatic nitrogens is 4. The summed E-state index contributed by atoms with van der Waals surface area (Å²) in [4.78, 5) is 31.5. The van der Waals surface area contributed by atoms with E-state index in [-0.39, 0.29) is 23.5 Å². The van der Waals surface area contributed by atoms with E-state index in [1.54, 1.807) is 31.4 Å². The summed E-state index contributed by atoms with van der Waals surface area (Å²) in [7, 11) is 1.56. The van der Waals surface area contributed by atoms with Crippen molar-refractivity contribution in [3.05, 3.63) is 75.2 Å². The van der Waals surface area contributed by atoms with Gasteiger partial charge in [0.2, 0.25) is 11.7 Å². The minimum atomic E-state index is -0.561. The van der Waals surface area contributed by atoms with Gasteiger partial charge in [0, 0.05) is 17.7 Å². The van der Waals surface area contributed by atoms with Crippen molar-refractivity contribution in [3.8, 4) is 17.1 Å². The fourth-order valence-electron chi connectivity index (χ4n) is 2.72. The summed E-state index contributed by atoms with van der Waals surface area (Å²) in [5, 5.41) is 15.0. The highest BCUT2D eigenvalue weighted by Gasteiger charge is 2.14. The average molecular weight is 379 g/mol. The maximum atomic E-state index is 12.7. The largest absolute Gasteiger partial charge is 0.497 e. The van der Waals surface area contributed by atoms with E-state index in [4.69, 9.17) is 9.26 Å². The molecular weight excluding hydrogens is 366 g/mol. The monoisotopic (exact) mass is 379 g/mol. The maximum Gasteiger partial charge on any atom is 0.270 e. The van der Waals surface area contributed by atoms with Gasteiger partial charge in [0.25, 0.3) is 11.2 Å². The van der Waals surface area contributed by atoms with E-state index >= 15 is 0 Å². The van der Waals surface area contributed by atoms with Gasteiger partial charge in [-0.25, -0.2) is 4.98 Å². The second-order valence-corrected chi connectivity index (χ2v) is 5.88. The van der Waals surface area contributed by atoms with Crippen molar-refractivity contribution in [2.45, 2.75) is 6.54 Å². The number of rotatable bonds is 5. The Balaban J connectivity index is 1.67. The van der Waals surface area contributed by atoms with Crippen molar-refractivity contribution in [2.24, 2.45) is 0 Å². The number of ether oxygens (including phenoxy) is 1. The number of nitrogens with zero attached hydrogens (tertiary/aromatic N) is 5. The number of hydrogen-bond acceptors (Lipinski definition) is 8. The van der Waals surface area contributed by atoms with Gasteiger partial charge in [0.15, 0.2) is 0 Å². The van der Waals surface area contributed by atoms with E-state index in [0.717, 1.165) is 0 Å². The zero-order valence-electron chi connectivity index (χ0n) is 14.6. The smallest absolute Gasteiger partial charge is 0.270 e. The van der Waals surface area contributed by atoms with Gasteiger partial charge in [-0.2, -0.15) is 4.98 Å². The van der Waals surface area contributed by atoms with Crippen molar-refractivity contribution >= 4 is 16.6 Å². The van der Waals surface area contributed by atoms with Gasteiger partial charge in [-0.05, 0) is 18.2 Å². The van der Waals surface area contributed by atoms with Crippen LogP contribution < -0.4 is 10.3 Å². The summed E-state index contributed by atoms with van der Waals surface area (Å²) >= 11 is 0. The summed E-state index contributed by atoms with van der Waals surface area (Å²) < 4.78 is 11.7. The average Bonchev–Trinajstić information content (AvgIpc) is 3.18. The standard InChI is InChI=1S/C18H13N5O5/c1-27-13-4-2-3-11(7-13)17-20-16(28-21-17)9-22-10-19-15-6-5-12(23(25)26)8-14(15)18(22)24/h2-8,10H,9H2,1H3. The third-order valence-corrected chi connectivity index (χ3v) is 4.12. The van der Waals surface area contributed by atoms with Crippen LogP contribution in [0.5, 0.6) is 5.75 Å². The van der Waals surface area contributed by atoms with Crippen LogP contribution in [-0.2, 0) is 6.54 Å². The first-order valence-corrected chi connectivity index (χ1v) is 8.16. The lowest BCUT2D eigenvalue weighted by atomic mass is 10.2. The van der Waals surface area contributed by atoms with Crippen LogP contribution in [0, 0.1) is 10.1 Å². The second kappa shape index (κ2) is 6.91. The van der Waals surface area contributed by atoms with Gasteiger partial charge in [-0.3, -0.25) is 19.5 Å². The van der Waals surface area contributed by atoms with Crippen molar-refractivity contribution < 1.29 is 14.2 Å². The van der Waals surface area contributed by atoms with E-state index in [1.165, 1.54) is 29.1 Å². The van der Waals surface area contributed by atoms with E-state index in [9.17, 15) is 14.9 Å². The predicted molar refractivity (Wildman–Crippen MR) is 98.0 cm³/mol. The van der Waals surface area contributed by atoms with Crippen LogP contribution in [0.15, 0.2) is 58.1 Å². The Morgan fingerprint density at radius 2 is 2.11 bits per heavy atom. The number of methoxy groups -OCH3 is 1. The molecule has 10 nitrogen and oxygen atoms in total.